The smallest absolute Gasteiger partial charge is 0.121 e. The van der Waals surface area contributed by atoms with E-state index in [0.29, 0.717) is 11.3 Å². The number of ether oxygens (including phenoxy) is 1. The minimum absolute atomic E-state index is 0.571. The Bertz CT molecular complexity index is 832. The highest BCUT2D eigenvalue weighted by Gasteiger charge is 2.07. The van der Waals surface area contributed by atoms with Crippen LogP contribution < -0.4 is 10.1 Å². The fourth-order valence-corrected chi connectivity index (χ4v) is 2.23. The summed E-state index contributed by atoms with van der Waals surface area (Å²) in [6.45, 7) is 0. The van der Waals surface area contributed by atoms with E-state index in [1.807, 2.05) is 36.5 Å². The summed E-state index contributed by atoms with van der Waals surface area (Å²) in [4.78, 5) is 4.12. The van der Waals surface area contributed by atoms with E-state index in [-0.39, 0.29) is 0 Å². The van der Waals surface area contributed by atoms with Crippen LogP contribution in [0.15, 0.2) is 54.9 Å². The summed E-state index contributed by atoms with van der Waals surface area (Å²) in [6, 6.07) is 15.4. The van der Waals surface area contributed by atoms with Crippen LogP contribution in [0.5, 0.6) is 5.75 Å². The second-order valence-corrected chi connectivity index (χ2v) is 4.55. The number of methoxy groups -OCH3 is 1. The van der Waals surface area contributed by atoms with Crippen molar-refractivity contribution in [3.05, 3.63) is 60.4 Å². The molecule has 0 spiro atoms. The predicted molar refractivity (Wildman–Crippen MR) is 82.7 cm³/mol. The second kappa shape index (κ2) is 5.51. The van der Waals surface area contributed by atoms with Gasteiger partial charge in [0.1, 0.15) is 11.8 Å². The van der Waals surface area contributed by atoms with E-state index in [1.165, 1.54) is 0 Å². The Morgan fingerprint density at radius 2 is 2.05 bits per heavy atom. The van der Waals surface area contributed by atoms with Gasteiger partial charge in [0.2, 0.25) is 0 Å². The predicted octanol–water partition coefficient (Wildman–Crippen LogP) is 3.86. The number of pyridine rings is 1. The van der Waals surface area contributed by atoms with Crippen LogP contribution in [-0.2, 0) is 0 Å². The zero-order valence-corrected chi connectivity index (χ0v) is 11.5. The second-order valence-electron chi connectivity index (χ2n) is 4.55. The summed E-state index contributed by atoms with van der Waals surface area (Å²) >= 11 is 0. The maximum absolute atomic E-state index is 9.23. The summed E-state index contributed by atoms with van der Waals surface area (Å²) in [5, 5.41) is 14.6. The molecule has 3 rings (SSSR count). The van der Waals surface area contributed by atoms with Gasteiger partial charge in [-0.1, -0.05) is 12.1 Å². The van der Waals surface area contributed by atoms with Crippen LogP contribution in [-0.4, -0.2) is 12.1 Å². The molecular weight excluding hydrogens is 262 g/mol. The Morgan fingerprint density at radius 3 is 2.86 bits per heavy atom. The lowest BCUT2D eigenvalue weighted by atomic mass is 10.1. The molecule has 1 N–H and O–H groups in total. The van der Waals surface area contributed by atoms with Gasteiger partial charge in [-0.3, -0.25) is 4.98 Å². The van der Waals surface area contributed by atoms with Gasteiger partial charge in [-0.25, -0.2) is 0 Å². The Labute approximate surface area is 122 Å². The molecule has 21 heavy (non-hydrogen) atoms. The van der Waals surface area contributed by atoms with Gasteiger partial charge in [0, 0.05) is 34.9 Å². The first-order valence-electron chi connectivity index (χ1n) is 6.50. The van der Waals surface area contributed by atoms with Crippen molar-refractivity contribution in [1.29, 1.82) is 5.26 Å². The molecule has 0 aliphatic heterocycles. The number of aromatic nitrogens is 1. The lowest BCUT2D eigenvalue weighted by molar-refractivity contribution is 0.415. The van der Waals surface area contributed by atoms with Gasteiger partial charge >= 0.3 is 0 Å². The zero-order chi connectivity index (χ0) is 14.7. The van der Waals surface area contributed by atoms with Gasteiger partial charge in [0.25, 0.3) is 0 Å². The van der Waals surface area contributed by atoms with E-state index >= 15 is 0 Å². The highest BCUT2D eigenvalue weighted by atomic mass is 16.5. The number of nitrogens with one attached hydrogen (secondary N) is 1. The molecule has 0 aliphatic rings. The molecule has 1 heterocycles. The van der Waals surface area contributed by atoms with Crippen molar-refractivity contribution in [2.75, 3.05) is 12.4 Å². The number of hydrogen-bond donors (Lipinski definition) is 1. The van der Waals surface area contributed by atoms with Crippen LogP contribution in [0.2, 0.25) is 0 Å². The maximum Gasteiger partial charge on any atom is 0.121 e. The SMILES string of the molecule is COc1ccc(C#N)c(Nc2cccc3cnccc23)c1. The van der Waals surface area contributed by atoms with Gasteiger partial charge in [0.15, 0.2) is 0 Å². The third-order valence-electron chi connectivity index (χ3n) is 3.30. The molecule has 0 bridgehead atoms. The van der Waals surface area contributed by atoms with Crippen LogP contribution >= 0.6 is 0 Å². The molecule has 0 atom stereocenters. The maximum atomic E-state index is 9.23. The van der Waals surface area contributed by atoms with Crippen molar-refractivity contribution in [2.45, 2.75) is 0 Å². The summed E-state index contributed by atoms with van der Waals surface area (Å²) in [7, 11) is 1.61. The van der Waals surface area contributed by atoms with E-state index in [4.69, 9.17) is 4.74 Å². The Balaban J connectivity index is 2.08. The van der Waals surface area contributed by atoms with Gasteiger partial charge in [0.05, 0.1) is 18.4 Å². The Kier molecular flexibility index (Phi) is 3.40. The molecule has 0 saturated carbocycles. The minimum Gasteiger partial charge on any atom is -0.497 e. The van der Waals surface area contributed by atoms with Crippen LogP contribution in [0.4, 0.5) is 11.4 Å². The Hall–Kier alpha value is -3.06. The molecule has 4 nitrogen and oxygen atoms in total. The summed E-state index contributed by atoms with van der Waals surface area (Å²) < 4.78 is 5.22. The van der Waals surface area contributed by atoms with E-state index < -0.39 is 0 Å². The molecule has 4 heteroatoms. The fourth-order valence-electron chi connectivity index (χ4n) is 2.23. The lowest BCUT2D eigenvalue weighted by Gasteiger charge is -2.12. The molecule has 0 saturated heterocycles. The van der Waals surface area contributed by atoms with Crippen LogP contribution in [0.25, 0.3) is 10.8 Å². The van der Waals surface area contributed by atoms with Crippen molar-refractivity contribution < 1.29 is 4.74 Å². The molecular formula is C17H13N3O. The third-order valence-corrected chi connectivity index (χ3v) is 3.30. The van der Waals surface area contributed by atoms with Gasteiger partial charge in [-0.05, 0) is 24.3 Å². The first-order valence-corrected chi connectivity index (χ1v) is 6.50. The summed E-state index contributed by atoms with van der Waals surface area (Å²) in [5.74, 6) is 0.707. The summed E-state index contributed by atoms with van der Waals surface area (Å²) in [5.41, 5.74) is 2.22. The summed E-state index contributed by atoms with van der Waals surface area (Å²) in [6.07, 6.45) is 3.57. The number of fused-ring (bicyclic) bond motifs is 1. The number of anilines is 2. The normalized spacial score (nSPS) is 10.1. The molecule has 1 aromatic heterocycles. The van der Waals surface area contributed by atoms with Crippen molar-refractivity contribution in [2.24, 2.45) is 0 Å². The van der Waals surface area contributed by atoms with E-state index in [0.717, 1.165) is 22.1 Å². The first kappa shape index (κ1) is 12.9. The zero-order valence-electron chi connectivity index (χ0n) is 11.5. The average molecular weight is 275 g/mol. The van der Waals surface area contributed by atoms with Crippen molar-refractivity contribution in [3.63, 3.8) is 0 Å². The molecule has 0 fully saturated rings. The van der Waals surface area contributed by atoms with Gasteiger partial charge < -0.3 is 10.1 Å². The minimum atomic E-state index is 0.571. The van der Waals surface area contributed by atoms with E-state index in [1.54, 1.807) is 25.4 Å². The third kappa shape index (κ3) is 2.49. The molecule has 0 unspecified atom stereocenters. The number of nitrogens with zero attached hydrogens (tertiary/aromatic N) is 2. The van der Waals surface area contributed by atoms with Crippen LogP contribution in [0.1, 0.15) is 5.56 Å². The van der Waals surface area contributed by atoms with Gasteiger partial charge in [-0.2, -0.15) is 5.26 Å². The van der Waals surface area contributed by atoms with Gasteiger partial charge in [-0.15, -0.1) is 0 Å². The molecule has 0 radical (unpaired) electrons. The molecule has 0 aliphatic carbocycles. The Morgan fingerprint density at radius 1 is 1.14 bits per heavy atom. The average Bonchev–Trinajstić information content (AvgIpc) is 2.55. The van der Waals surface area contributed by atoms with Crippen molar-refractivity contribution in [1.82, 2.24) is 4.98 Å². The number of rotatable bonds is 3. The molecule has 2 aromatic carbocycles. The lowest BCUT2D eigenvalue weighted by Crippen LogP contribution is -1.96. The largest absolute Gasteiger partial charge is 0.497 e. The van der Waals surface area contributed by atoms with Crippen LogP contribution in [0.3, 0.4) is 0 Å². The fraction of sp³-hybridized carbons (Fsp3) is 0.0588. The number of benzene rings is 2. The van der Waals surface area contributed by atoms with Crippen molar-refractivity contribution in [3.8, 4) is 11.8 Å². The highest BCUT2D eigenvalue weighted by molar-refractivity contribution is 5.95. The number of hydrogen-bond acceptors (Lipinski definition) is 4. The molecule has 3 aromatic rings. The topological polar surface area (TPSA) is 57.9 Å². The van der Waals surface area contributed by atoms with Crippen LogP contribution in [0, 0.1) is 11.3 Å². The van der Waals surface area contributed by atoms with E-state index in [9.17, 15) is 5.26 Å². The molecule has 102 valence electrons. The molecule has 0 amide bonds. The first-order chi connectivity index (χ1) is 10.3. The monoisotopic (exact) mass is 275 g/mol. The highest BCUT2D eigenvalue weighted by Crippen LogP contribution is 2.29. The van der Waals surface area contributed by atoms with E-state index in [2.05, 4.69) is 16.4 Å². The standard InChI is InChI=1S/C17H13N3O/c1-21-14-6-5-12(10-18)17(9-14)20-16-4-2-3-13-11-19-8-7-15(13)16/h2-9,11,20H,1H3. The number of nitriles is 1. The quantitative estimate of drug-likeness (QED) is 0.788. The van der Waals surface area contributed by atoms with Crippen molar-refractivity contribution >= 4 is 22.1 Å².